The summed E-state index contributed by atoms with van der Waals surface area (Å²) in [6.07, 6.45) is 2.37. The summed E-state index contributed by atoms with van der Waals surface area (Å²) in [5.41, 5.74) is 6.18. The van der Waals surface area contributed by atoms with Crippen molar-refractivity contribution >= 4 is 17.5 Å². The Morgan fingerprint density at radius 1 is 1.50 bits per heavy atom. The lowest BCUT2D eigenvalue weighted by Gasteiger charge is -2.24. The van der Waals surface area contributed by atoms with E-state index in [1.807, 2.05) is 19.1 Å². The Bertz CT molecular complexity index is 510. The molecule has 2 rings (SSSR count). The summed E-state index contributed by atoms with van der Waals surface area (Å²) in [6.45, 7) is 5.31. The Labute approximate surface area is 136 Å². The minimum absolute atomic E-state index is 0.165. The minimum Gasteiger partial charge on any atom is -0.482 e. The van der Waals surface area contributed by atoms with Crippen LogP contribution in [-0.2, 0) is 16.1 Å². The van der Waals surface area contributed by atoms with Crippen molar-refractivity contribution in [3.8, 4) is 5.75 Å². The SMILES string of the molecule is CCOC[C@@H]1CCCN1Cc1ccc(OCC(N)=O)c(Cl)c1. The zero-order valence-corrected chi connectivity index (χ0v) is 13.6. The molecule has 1 aliphatic heterocycles. The summed E-state index contributed by atoms with van der Waals surface area (Å²) in [4.78, 5) is 13.2. The number of hydrogen-bond acceptors (Lipinski definition) is 4. The van der Waals surface area contributed by atoms with Crippen LogP contribution in [0.3, 0.4) is 0 Å². The number of benzene rings is 1. The molecule has 1 saturated heterocycles. The molecular weight excluding hydrogens is 304 g/mol. The van der Waals surface area contributed by atoms with Crippen molar-refractivity contribution < 1.29 is 14.3 Å². The van der Waals surface area contributed by atoms with Gasteiger partial charge in [-0.05, 0) is 44.0 Å². The van der Waals surface area contributed by atoms with Gasteiger partial charge in [0.05, 0.1) is 11.6 Å². The lowest BCUT2D eigenvalue weighted by atomic mass is 10.2. The van der Waals surface area contributed by atoms with E-state index in [0.717, 1.165) is 31.9 Å². The Kier molecular flexibility index (Phi) is 6.49. The molecule has 1 aliphatic rings. The van der Waals surface area contributed by atoms with E-state index in [0.29, 0.717) is 16.8 Å². The van der Waals surface area contributed by atoms with E-state index in [1.165, 1.54) is 12.8 Å². The molecule has 0 unspecified atom stereocenters. The van der Waals surface area contributed by atoms with Crippen molar-refractivity contribution in [2.24, 2.45) is 5.73 Å². The molecule has 1 heterocycles. The smallest absolute Gasteiger partial charge is 0.255 e. The summed E-state index contributed by atoms with van der Waals surface area (Å²) in [7, 11) is 0. The number of carbonyl (C=O) groups excluding carboxylic acids is 1. The van der Waals surface area contributed by atoms with E-state index in [4.69, 9.17) is 26.8 Å². The lowest BCUT2D eigenvalue weighted by molar-refractivity contribution is -0.119. The monoisotopic (exact) mass is 326 g/mol. The standard InChI is InChI=1S/C16H23ClN2O3/c1-2-21-10-13-4-3-7-19(13)9-12-5-6-15(14(17)8-12)22-11-16(18)20/h5-6,8,13H,2-4,7,9-11H2,1H3,(H2,18,20)/t13-/m0/s1. The van der Waals surface area contributed by atoms with Crippen LogP contribution in [0.5, 0.6) is 5.75 Å². The van der Waals surface area contributed by atoms with Gasteiger partial charge in [-0.2, -0.15) is 0 Å². The van der Waals surface area contributed by atoms with Crippen LogP contribution in [0.15, 0.2) is 18.2 Å². The average Bonchev–Trinajstić information content (AvgIpc) is 2.91. The summed E-state index contributed by atoms with van der Waals surface area (Å²) < 4.78 is 10.8. The molecule has 2 N–H and O–H groups in total. The van der Waals surface area contributed by atoms with E-state index in [9.17, 15) is 4.79 Å². The zero-order valence-electron chi connectivity index (χ0n) is 12.9. The summed E-state index contributed by atoms with van der Waals surface area (Å²) in [6, 6.07) is 6.12. The predicted molar refractivity (Wildman–Crippen MR) is 86.1 cm³/mol. The van der Waals surface area contributed by atoms with Crippen LogP contribution in [0, 0.1) is 0 Å². The third-order valence-electron chi connectivity index (χ3n) is 3.77. The van der Waals surface area contributed by atoms with Crippen molar-refractivity contribution in [1.82, 2.24) is 4.90 Å². The molecule has 1 fully saturated rings. The predicted octanol–water partition coefficient (Wildman–Crippen LogP) is 2.21. The molecule has 6 heteroatoms. The van der Waals surface area contributed by atoms with Crippen molar-refractivity contribution in [1.29, 1.82) is 0 Å². The fourth-order valence-corrected chi connectivity index (χ4v) is 2.95. The first-order valence-corrected chi connectivity index (χ1v) is 7.99. The van der Waals surface area contributed by atoms with Gasteiger partial charge in [0, 0.05) is 19.2 Å². The van der Waals surface area contributed by atoms with Crippen LogP contribution >= 0.6 is 11.6 Å². The van der Waals surface area contributed by atoms with Gasteiger partial charge in [-0.25, -0.2) is 0 Å². The molecule has 5 nitrogen and oxygen atoms in total. The molecule has 1 amide bonds. The van der Waals surface area contributed by atoms with Crippen molar-refractivity contribution in [2.75, 3.05) is 26.4 Å². The average molecular weight is 327 g/mol. The van der Waals surface area contributed by atoms with Crippen molar-refractivity contribution in [2.45, 2.75) is 32.4 Å². The van der Waals surface area contributed by atoms with E-state index < -0.39 is 5.91 Å². The van der Waals surface area contributed by atoms with Gasteiger partial charge < -0.3 is 15.2 Å². The molecule has 0 aromatic heterocycles. The fourth-order valence-electron chi connectivity index (χ4n) is 2.69. The first-order chi connectivity index (χ1) is 10.6. The Hall–Kier alpha value is -1.30. The number of amides is 1. The van der Waals surface area contributed by atoms with Crippen LogP contribution < -0.4 is 10.5 Å². The highest BCUT2D eigenvalue weighted by Crippen LogP contribution is 2.27. The van der Waals surface area contributed by atoms with Gasteiger partial charge in [0.1, 0.15) is 5.75 Å². The van der Waals surface area contributed by atoms with Gasteiger partial charge in [-0.15, -0.1) is 0 Å². The number of nitrogens with zero attached hydrogens (tertiary/aromatic N) is 1. The first-order valence-electron chi connectivity index (χ1n) is 7.61. The van der Waals surface area contributed by atoms with Gasteiger partial charge in [-0.3, -0.25) is 9.69 Å². The molecule has 1 aromatic rings. The molecule has 0 saturated carbocycles. The molecule has 1 atom stereocenters. The Morgan fingerprint density at radius 3 is 3.00 bits per heavy atom. The van der Waals surface area contributed by atoms with Crippen LogP contribution in [0.2, 0.25) is 5.02 Å². The number of likely N-dealkylation sites (tertiary alicyclic amines) is 1. The van der Waals surface area contributed by atoms with Gasteiger partial charge >= 0.3 is 0 Å². The maximum Gasteiger partial charge on any atom is 0.255 e. The molecule has 0 bridgehead atoms. The molecule has 0 aliphatic carbocycles. The van der Waals surface area contributed by atoms with Crippen LogP contribution in [0.1, 0.15) is 25.3 Å². The quantitative estimate of drug-likeness (QED) is 0.795. The number of halogens is 1. The molecule has 22 heavy (non-hydrogen) atoms. The number of carbonyl (C=O) groups is 1. The summed E-state index contributed by atoms with van der Waals surface area (Å²) >= 11 is 6.20. The second kappa shape index (κ2) is 8.36. The summed E-state index contributed by atoms with van der Waals surface area (Å²) in [5.74, 6) is -0.0347. The molecular formula is C16H23ClN2O3. The molecule has 0 spiro atoms. The van der Waals surface area contributed by atoms with Crippen LogP contribution in [-0.4, -0.2) is 43.2 Å². The highest BCUT2D eigenvalue weighted by Gasteiger charge is 2.24. The first kappa shape index (κ1) is 17.1. The lowest BCUT2D eigenvalue weighted by Crippen LogP contribution is -2.32. The van der Waals surface area contributed by atoms with Crippen LogP contribution in [0.25, 0.3) is 0 Å². The Balaban J connectivity index is 1.95. The van der Waals surface area contributed by atoms with Gasteiger partial charge in [0.25, 0.3) is 5.91 Å². The van der Waals surface area contributed by atoms with Gasteiger partial charge in [0.2, 0.25) is 0 Å². The highest BCUT2D eigenvalue weighted by molar-refractivity contribution is 6.32. The topological polar surface area (TPSA) is 64.8 Å². The van der Waals surface area contributed by atoms with Gasteiger partial charge in [-0.1, -0.05) is 17.7 Å². The maximum atomic E-state index is 10.7. The van der Waals surface area contributed by atoms with E-state index >= 15 is 0 Å². The number of ether oxygens (including phenoxy) is 2. The molecule has 0 radical (unpaired) electrons. The van der Waals surface area contributed by atoms with E-state index in [-0.39, 0.29) is 6.61 Å². The summed E-state index contributed by atoms with van der Waals surface area (Å²) in [5, 5.41) is 0.499. The normalized spacial score (nSPS) is 18.5. The third-order valence-corrected chi connectivity index (χ3v) is 4.06. The Morgan fingerprint density at radius 2 is 2.32 bits per heavy atom. The van der Waals surface area contributed by atoms with Crippen LogP contribution in [0.4, 0.5) is 0 Å². The maximum absolute atomic E-state index is 10.7. The number of primary amides is 1. The second-order valence-corrected chi connectivity index (χ2v) is 5.85. The molecule has 1 aromatic carbocycles. The number of nitrogens with two attached hydrogens (primary N) is 1. The molecule has 122 valence electrons. The van der Waals surface area contributed by atoms with Crippen molar-refractivity contribution in [3.63, 3.8) is 0 Å². The van der Waals surface area contributed by atoms with Crippen molar-refractivity contribution in [3.05, 3.63) is 28.8 Å². The minimum atomic E-state index is -0.518. The van der Waals surface area contributed by atoms with E-state index in [1.54, 1.807) is 6.07 Å². The largest absolute Gasteiger partial charge is 0.482 e. The van der Waals surface area contributed by atoms with Gasteiger partial charge in [0.15, 0.2) is 6.61 Å². The second-order valence-electron chi connectivity index (χ2n) is 5.45. The number of hydrogen-bond donors (Lipinski definition) is 1. The fraction of sp³-hybridized carbons (Fsp3) is 0.562. The third kappa shape index (κ3) is 4.87. The zero-order chi connectivity index (χ0) is 15.9. The van der Waals surface area contributed by atoms with E-state index in [2.05, 4.69) is 4.90 Å². The highest BCUT2D eigenvalue weighted by atomic mass is 35.5. The number of rotatable bonds is 8.